The number of benzene rings is 1. The summed E-state index contributed by atoms with van der Waals surface area (Å²) in [5.74, 6) is 0.736. The second-order valence-electron chi connectivity index (χ2n) is 3.60. The van der Waals surface area contributed by atoms with E-state index in [0.717, 1.165) is 17.7 Å². The van der Waals surface area contributed by atoms with Crippen molar-refractivity contribution in [2.24, 2.45) is 17.2 Å². The van der Waals surface area contributed by atoms with Crippen molar-refractivity contribution in [1.82, 2.24) is 0 Å². The molecule has 0 radical (unpaired) electrons. The third-order valence-corrected chi connectivity index (χ3v) is 2.47. The number of rotatable bonds is 6. The maximum absolute atomic E-state index is 5.86. The molecule has 0 saturated heterocycles. The molecule has 0 amide bonds. The van der Waals surface area contributed by atoms with Gasteiger partial charge in [0.15, 0.2) is 0 Å². The monoisotopic (exact) mass is 243 g/mol. The van der Waals surface area contributed by atoms with Crippen LogP contribution < -0.4 is 21.9 Å². The number of ether oxygens (including phenoxy) is 1. The van der Waals surface area contributed by atoms with Crippen LogP contribution in [-0.4, -0.2) is 19.2 Å². The summed E-state index contributed by atoms with van der Waals surface area (Å²) in [5, 5.41) is 0.652. The molecule has 1 aromatic carbocycles. The highest BCUT2D eigenvalue weighted by Gasteiger charge is 2.06. The standard InChI is InChI=1S/C11H18ClN3O/c12-9-1-2-11(8(5-9)6-14)16-7-10(15)3-4-13/h1-2,5,10H,3-4,6-7,13-15H2. The van der Waals surface area contributed by atoms with E-state index in [2.05, 4.69) is 0 Å². The topological polar surface area (TPSA) is 87.3 Å². The molecule has 0 aliphatic heterocycles. The average molecular weight is 244 g/mol. The summed E-state index contributed by atoms with van der Waals surface area (Å²) in [4.78, 5) is 0. The molecule has 6 N–H and O–H groups in total. The van der Waals surface area contributed by atoms with Gasteiger partial charge < -0.3 is 21.9 Å². The molecule has 0 heterocycles. The van der Waals surface area contributed by atoms with Crippen LogP contribution in [0.25, 0.3) is 0 Å². The Morgan fingerprint density at radius 3 is 2.69 bits per heavy atom. The van der Waals surface area contributed by atoms with E-state index in [-0.39, 0.29) is 6.04 Å². The van der Waals surface area contributed by atoms with Gasteiger partial charge in [-0.25, -0.2) is 0 Å². The van der Waals surface area contributed by atoms with Gasteiger partial charge in [-0.3, -0.25) is 0 Å². The molecule has 4 nitrogen and oxygen atoms in total. The van der Waals surface area contributed by atoms with Gasteiger partial charge in [0.05, 0.1) is 0 Å². The van der Waals surface area contributed by atoms with Gasteiger partial charge in [-0.15, -0.1) is 0 Å². The zero-order chi connectivity index (χ0) is 12.0. The second-order valence-corrected chi connectivity index (χ2v) is 4.04. The first-order valence-electron chi connectivity index (χ1n) is 5.24. The lowest BCUT2D eigenvalue weighted by Crippen LogP contribution is -2.30. The van der Waals surface area contributed by atoms with Gasteiger partial charge in [-0.05, 0) is 31.2 Å². The van der Waals surface area contributed by atoms with E-state index in [1.165, 1.54) is 0 Å². The van der Waals surface area contributed by atoms with Crippen LogP contribution >= 0.6 is 11.6 Å². The van der Waals surface area contributed by atoms with E-state index < -0.39 is 0 Å². The molecule has 0 saturated carbocycles. The van der Waals surface area contributed by atoms with E-state index in [9.17, 15) is 0 Å². The van der Waals surface area contributed by atoms with E-state index >= 15 is 0 Å². The summed E-state index contributed by atoms with van der Waals surface area (Å²) in [6.07, 6.45) is 0.742. The molecule has 1 unspecified atom stereocenters. The van der Waals surface area contributed by atoms with E-state index in [0.29, 0.717) is 24.7 Å². The van der Waals surface area contributed by atoms with Crippen molar-refractivity contribution in [2.75, 3.05) is 13.2 Å². The van der Waals surface area contributed by atoms with Crippen molar-refractivity contribution in [3.63, 3.8) is 0 Å². The van der Waals surface area contributed by atoms with Crippen LogP contribution in [0.1, 0.15) is 12.0 Å². The molecule has 0 spiro atoms. The Hall–Kier alpha value is -0.810. The fourth-order valence-corrected chi connectivity index (χ4v) is 1.54. The maximum atomic E-state index is 5.86. The van der Waals surface area contributed by atoms with Gasteiger partial charge in [0.2, 0.25) is 0 Å². The lowest BCUT2D eigenvalue weighted by atomic mass is 10.2. The Balaban J connectivity index is 2.59. The summed E-state index contributed by atoms with van der Waals surface area (Å²) in [6.45, 7) is 1.39. The summed E-state index contributed by atoms with van der Waals surface area (Å²) < 4.78 is 5.58. The van der Waals surface area contributed by atoms with Crippen molar-refractivity contribution in [1.29, 1.82) is 0 Å². The molecule has 0 aliphatic carbocycles. The van der Waals surface area contributed by atoms with Gasteiger partial charge in [-0.2, -0.15) is 0 Å². The van der Waals surface area contributed by atoms with Crippen LogP contribution in [-0.2, 0) is 6.54 Å². The van der Waals surface area contributed by atoms with Crippen molar-refractivity contribution in [3.8, 4) is 5.75 Å². The van der Waals surface area contributed by atoms with E-state index in [1.807, 2.05) is 0 Å². The fraction of sp³-hybridized carbons (Fsp3) is 0.455. The molecule has 1 rings (SSSR count). The summed E-state index contributed by atoms with van der Waals surface area (Å²) in [5.41, 5.74) is 17.7. The molecular weight excluding hydrogens is 226 g/mol. The number of hydrogen-bond donors (Lipinski definition) is 3. The van der Waals surface area contributed by atoms with Crippen LogP contribution in [0.15, 0.2) is 18.2 Å². The molecule has 16 heavy (non-hydrogen) atoms. The normalized spacial score (nSPS) is 12.5. The zero-order valence-electron chi connectivity index (χ0n) is 9.16. The smallest absolute Gasteiger partial charge is 0.123 e. The van der Waals surface area contributed by atoms with Crippen molar-refractivity contribution < 1.29 is 4.74 Å². The van der Waals surface area contributed by atoms with Crippen LogP contribution in [0, 0.1) is 0 Å². The Labute approximate surface area is 101 Å². The first kappa shape index (κ1) is 13.3. The van der Waals surface area contributed by atoms with Gasteiger partial charge in [0.25, 0.3) is 0 Å². The molecule has 0 bridgehead atoms. The van der Waals surface area contributed by atoms with Gasteiger partial charge >= 0.3 is 0 Å². The minimum absolute atomic E-state index is 0.0497. The Kier molecular flexibility index (Phi) is 5.55. The summed E-state index contributed by atoms with van der Waals surface area (Å²) in [6, 6.07) is 5.32. The third-order valence-electron chi connectivity index (χ3n) is 2.23. The van der Waals surface area contributed by atoms with Crippen LogP contribution in [0.5, 0.6) is 5.75 Å². The van der Waals surface area contributed by atoms with Crippen molar-refractivity contribution in [3.05, 3.63) is 28.8 Å². The Morgan fingerprint density at radius 1 is 1.31 bits per heavy atom. The Morgan fingerprint density at radius 2 is 2.06 bits per heavy atom. The maximum Gasteiger partial charge on any atom is 0.123 e. The molecular formula is C11H18ClN3O. The Bertz CT molecular complexity index is 333. The first-order valence-corrected chi connectivity index (χ1v) is 5.62. The van der Waals surface area contributed by atoms with Gasteiger partial charge in [0, 0.05) is 23.2 Å². The van der Waals surface area contributed by atoms with Crippen molar-refractivity contribution in [2.45, 2.75) is 19.0 Å². The fourth-order valence-electron chi connectivity index (χ4n) is 1.34. The minimum atomic E-state index is -0.0497. The zero-order valence-corrected chi connectivity index (χ0v) is 9.91. The SMILES string of the molecule is NCCC(N)COc1ccc(Cl)cc1CN. The van der Waals surface area contributed by atoms with Gasteiger partial charge in [0.1, 0.15) is 12.4 Å². The molecule has 0 fully saturated rings. The van der Waals surface area contributed by atoms with Crippen LogP contribution in [0.2, 0.25) is 5.02 Å². The predicted octanol–water partition coefficient (Wildman–Crippen LogP) is 0.854. The molecule has 5 heteroatoms. The number of nitrogens with two attached hydrogens (primary N) is 3. The molecule has 1 aromatic rings. The number of halogens is 1. The first-order chi connectivity index (χ1) is 7.67. The van der Waals surface area contributed by atoms with Crippen LogP contribution in [0.3, 0.4) is 0 Å². The molecule has 0 aliphatic rings. The lowest BCUT2D eigenvalue weighted by molar-refractivity contribution is 0.281. The van der Waals surface area contributed by atoms with E-state index in [1.54, 1.807) is 18.2 Å². The molecule has 0 aromatic heterocycles. The molecule has 1 atom stereocenters. The third kappa shape index (κ3) is 3.98. The number of hydrogen-bond acceptors (Lipinski definition) is 4. The minimum Gasteiger partial charge on any atom is -0.492 e. The quantitative estimate of drug-likeness (QED) is 0.691. The van der Waals surface area contributed by atoms with E-state index in [4.69, 9.17) is 33.5 Å². The highest BCUT2D eigenvalue weighted by atomic mass is 35.5. The second kappa shape index (κ2) is 6.70. The largest absolute Gasteiger partial charge is 0.492 e. The average Bonchev–Trinajstić information content (AvgIpc) is 2.27. The predicted molar refractivity (Wildman–Crippen MR) is 66.5 cm³/mol. The van der Waals surface area contributed by atoms with Gasteiger partial charge in [-0.1, -0.05) is 11.6 Å². The van der Waals surface area contributed by atoms with Crippen molar-refractivity contribution >= 4 is 11.6 Å². The summed E-state index contributed by atoms with van der Waals surface area (Å²) >= 11 is 5.86. The van der Waals surface area contributed by atoms with Crippen LogP contribution in [0.4, 0.5) is 0 Å². The highest BCUT2D eigenvalue weighted by Crippen LogP contribution is 2.22. The summed E-state index contributed by atoms with van der Waals surface area (Å²) in [7, 11) is 0. The molecule has 90 valence electrons. The lowest BCUT2D eigenvalue weighted by Gasteiger charge is -2.14. The highest BCUT2D eigenvalue weighted by molar-refractivity contribution is 6.30.